The number of phenolic OH excluding ortho intramolecular Hbond substituents is 1. The molecule has 0 atom stereocenters. The molecule has 0 spiro atoms. The van der Waals surface area contributed by atoms with Gasteiger partial charge in [0.15, 0.2) is 0 Å². The fourth-order valence-corrected chi connectivity index (χ4v) is 1.64. The standard InChI is InChI=1S/C12H8FNO/c1-7-2-9(13)5-11-10(7)3-8(6-14)4-12(11)15/h2-5,15H,1H3. The Labute approximate surface area is 86.2 Å². The maximum absolute atomic E-state index is 13.1. The maximum atomic E-state index is 13.1. The predicted octanol–water partition coefficient (Wildman–Crippen LogP) is 2.86. The van der Waals surface area contributed by atoms with Gasteiger partial charge in [0.05, 0.1) is 11.6 Å². The van der Waals surface area contributed by atoms with Crippen molar-refractivity contribution in [1.29, 1.82) is 5.26 Å². The zero-order valence-corrected chi connectivity index (χ0v) is 8.08. The Bertz CT molecular complexity index is 584. The van der Waals surface area contributed by atoms with Crippen LogP contribution in [-0.2, 0) is 0 Å². The third-order valence-corrected chi connectivity index (χ3v) is 2.35. The molecular formula is C12H8FNO. The molecule has 0 amide bonds. The highest BCUT2D eigenvalue weighted by atomic mass is 19.1. The van der Waals surface area contributed by atoms with E-state index in [0.29, 0.717) is 21.9 Å². The van der Waals surface area contributed by atoms with Gasteiger partial charge in [-0.05, 0) is 42.1 Å². The molecular weight excluding hydrogens is 193 g/mol. The number of phenols is 1. The van der Waals surface area contributed by atoms with Gasteiger partial charge in [-0.3, -0.25) is 0 Å². The number of halogens is 1. The normalized spacial score (nSPS) is 10.2. The Balaban J connectivity index is 2.93. The van der Waals surface area contributed by atoms with E-state index in [1.54, 1.807) is 13.0 Å². The van der Waals surface area contributed by atoms with E-state index in [1.165, 1.54) is 18.2 Å². The number of fused-ring (bicyclic) bond motifs is 1. The Kier molecular flexibility index (Phi) is 2.05. The summed E-state index contributed by atoms with van der Waals surface area (Å²) in [5.74, 6) is -0.452. The lowest BCUT2D eigenvalue weighted by atomic mass is 10.0. The van der Waals surface area contributed by atoms with Crippen molar-refractivity contribution in [2.24, 2.45) is 0 Å². The zero-order chi connectivity index (χ0) is 11.0. The lowest BCUT2D eigenvalue weighted by molar-refractivity contribution is 0.481. The van der Waals surface area contributed by atoms with Gasteiger partial charge in [0.25, 0.3) is 0 Å². The van der Waals surface area contributed by atoms with Crippen LogP contribution in [0.2, 0.25) is 0 Å². The number of rotatable bonds is 0. The maximum Gasteiger partial charge on any atom is 0.124 e. The largest absolute Gasteiger partial charge is 0.507 e. The molecule has 3 heteroatoms. The first-order valence-electron chi connectivity index (χ1n) is 4.45. The zero-order valence-electron chi connectivity index (χ0n) is 8.08. The van der Waals surface area contributed by atoms with Crippen LogP contribution in [0.5, 0.6) is 5.75 Å². The van der Waals surface area contributed by atoms with E-state index >= 15 is 0 Å². The summed E-state index contributed by atoms with van der Waals surface area (Å²) in [5, 5.41) is 19.5. The molecule has 0 saturated heterocycles. The number of hydrogen-bond donors (Lipinski definition) is 1. The second kappa shape index (κ2) is 3.25. The minimum Gasteiger partial charge on any atom is -0.507 e. The van der Waals surface area contributed by atoms with Gasteiger partial charge in [-0.2, -0.15) is 5.26 Å². The highest BCUT2D eigenvalue weighted by molar-refractivity contribution is 5.91. The van der Waals surface area contributed by atoms with Gasteiger partial charge in [0.2, 0.25) is 0 Å². The molecule has 0 aliphatic rings. The molecule has 15 heavy (non-hydrogen) atoms. The van der Waals surface area contributed by atoms with E-state index in [1.807, 2.05) is 6.07 Å². The SMILES string of the molecule is Cc1cc(F)cc2c(O)cc(C#N)cc12. The Morgan fingerprint density at radius 1 is 1.20 bits per heavy atom. The van der Waals surface area contributed by atoms with E-state index in [9.17, 15) is 9.50 Å². The molecule has 2 rings (SSSR count). The molecule has 0 aliphatic carbocycles. The minimum atomic E-state index is -0.389. The van der Waals surface area contributed by atoms with Crippen molar-refractivity contribution in [1.82, 2.24) is 0 Å². The number of aryl methyl sites for hydroxylation is 1. The second-order valence-corrected chi connectivity index (χ2v) is 3.42. The molecule has 2 aromatic rings. The van der Waals surface area contributed by atoms with Crippen LogP contribution >= 0.6 is 0 Å². The highest BCUT2D eigenvalue weighted by Gasteiger charge is 2.07. The van der Waals surface area contributed by atoms with Crippen LogP contribution < -0.4 is 0 Å². The van der Waals surface area contributed by atoms with E-state index in [2.05, 4.69) is 0 Å². The summed E-state index contributed by atoms with van der Waals surface area (Å²) in [6, 6.07) is 7.57. The quantitative estimate of drug-likeness (QED) is 0.712. The molecule has 1 N–H and O–H groups in total. The molecule has 0 unspecified atom stereocenters. The fourth-order valence-electron chi connectivity index (χ4n) is 1.64. The Morgan fingerprint density at radius 2 is 1.93 bits per heavy atom. The smallest absolute Gasteiger partial charge is 0.124 e. The molecule has 2 nitrogen and oxygen atoms in total. The Morgan fingerprint density at radius 3 is 2.60 bits per heavy atom. The van der Waals surface area contributed by atoms with Crippen molar-refractivity contribution in [3.63, 3.8) is 0 Å². The second-order valence-electron chi connectivity index (χ2n) is 3.42. The van der Waals surface area contributed by atoms with Crippen molar-refractivity contribution in [3.05, 3.63) is 41.2 Å². The van der Waals surface area contributed by atoms with Gasteiger partial charge < -0.3 is 5.11 Å². The number of benzene rings is 2. The summed E-state index contributed by atoms with van der Waals surface area (Å²) in [7, 11) is 0. The summed E-state index contributed by atoms with van der Waals surface area (Å²) in [5.41, 5.74) is 1.08. The van der Waals surface area contributed by atoms with E-state index in [0.717, 1.165) is 0 Å². The van der Waals surface area contributed by atoms with Gasteiger partial charge in [-0.1, -0.05) is 0 Å². The van der Waals surface area contributed by atoms with Crippen LogP contribution in [0, 0.1) is 24.1 Å². The number of nitriles is 1. The van der Waals surface area contributed by atoms with Gasteiger partial charge >= 0.3 is 0 Å². The van der Waals surface area contributed by atoms with Gasteiger partial charge in [0, 0.05) is 5.39 Å². The van der Waals surface area contributed by atoms with E-state index < -0.39 is 0 Å². The lowest BCUT2D eigenvalue weighted by Gasteiger charge is -2.05. The van der Waals surface area contributed by atoms with Gasteiger partial charge in [-0.25, -0.2) is 4.39 Å². The first-order chi connectivity index (χ1) is 7.11. The molecule has 2 aromatic carbocycles. The van der Waals surface area contributed by atoms with Gasteiger partial charge in [-0.15, -0.1) is 0 Å². The number of hydrogen-bond acceptors (Lipinski definition) is 2. The first kappa shape index (κ1) is 9.47. The monoisotopic (exact) mass is 201 g/mol. The average Bonchev–Trinajstić information content (AvgIpc) is 2.19. The van der Waals surface area contributed by atoms with Crippen molar-refractivity contribution in [3.8, 4) is 11.8 Å². The minimum absolute atomic E-state index is 0.0633. The number of nitrogens with zero attached hydrogens (tertiary/aromatic N) is 1. The summed E-state index contributed by atoms with van der Waals surface area (Å²) < 4.78 is 13.1. The van der Waals surface area contributed by atoms with Gasteiger partial charge in [0.1, 0.15) is 11.6 Å². The summed E-state index contributed by atoms with van der Waals surface area (Å²) in [4.78, 5) is 0. The lowest BCUT2D eigenvalue weighted by Crippen LogP contribution is -1.85. The molecule has 0 aliphatic heterocycles. The third kappa shape index (κ3) is 1.50. The summed E-state index contributed by atoms with van der Waals surface area (Å²) in [6.45, 7) is 1.74. The van der Waals surface area contributed by atoms with Crippen molar-refractivity contribution in [2.75, 3.05) is 0 Å². The van der Waals surface area contributed by atoms with Crippen LogP contribution in [-0.4, -0.2) is 5.11 Å². The van der Waals surface area contributed by atoms with Crippen molar-refractivity contribution in [2.45, 2.75) is 6.92 Å². The van der Waals surface area contributed by atoms with Crippen LogP contribution in [0.4, 0.5) is 4.39 Å². The van der Waals surface area contributed by atoms with Crippen LogP contribution in [0.15, 0.2) is 24.3 Å². The molecule has 0 saturated carbocycles. The van der Waals surface area contributed by atoms with Crippen molar-refractivity contribution >= 4 is 10.8 Å². The van der Waals surface area contributed by atoms with Crippen molar-refractivity contribution < 1.29 is 9.50 Å². The molecule has 0 fully saturated rings. The van der Waals surface area contributed by atoms with Crippen LogP contribution in [0.25, 0.3) is 10.8 Å². The number of aromatic hydroxyl groups is 1. The topological polar surface area (TPSA) is 44.0 Å². The van der Waals surface area contributed by atoms with Crippen LogP contribution in [0.3, 0.4) is 0 Å². The first-order valence-corrected chi connectivity index (χ1v) is 4.45. The molecule has 0 aromatic heterocycles. The Hall–Kier alpha value is -2.08. The summed E-state index contributed by atoms with van der Waals surface area (Å²) in [6.07, 6.45) is 0. The molecule has 0 heterocycles. The third-order valence-electron chi connectivity index (χ3n) is 2.35. The predicted molar refractivity (Wildman–Crippen MR) is 55.0 cm³/mol. The molecule has 74 valence electrons. The molecule has 0 radical (unpaired) electrons. The molecule has 0 bridgehead atoms. The van der Waals surface area contributed by atoms with E-state index in [-0.39, 0.29) is 11.6 Å². The van der Waals surface area contributed by atoms with E-state index in [4.69, 9.17) is 5.26 Å². The average molecular weight is 201 g/mol. The summed E-state index contributed by atoms with van der Waals surface area (Å²) >= 11 is 0. The fraction of sp³-hybridized carbons (Fsp3) is 0.0833. The highest BCUT2D eigenvalue weighted by Crippen LogP contribution is 2.29. The van der Waals surface area contributed by atoms with Crippen LogP contribution in [0.1, 0.15) is 11.1 Å².